The minimum absolute atomic E-state index is 0.00713. The Hall–Kier alpha value is -3.40. The van der Waals surface area contributed by atoms with Crippen LogP contribution in [0, 0.1) is 6.92 Å². The number of halogens is 3. The van der Waals surface area contributed by atoms with Crippen molar-refractivity contribution in [2.75, 3.05) is 37.8 Å². The minimum Gasteiger partial charge on any atom is -0.462 e. The number of pyridine rings is 2. The first-order valence-electron chi connectivity index (χ1n) is 10.9. The number of carbonyl (C=O) groups is 1. The molecule has 1 aromatic carbocycles. The van der Waals surface area contributed by atoms with Gasteiger partial charge in [-0.15, -0.1) is 0 Å². The predicted octanol–water partition coefficient (Wildman–Crippen LogP) is 3.79. The number of rotatable bonds is 5. The van der Waals surface area contributed by atoms with Crippen LogP contribution in [0.25, 0.3) is 11.0 Å². The van der Waals surface area contributed by atoms with E-state index in [1.165, 1.54) is 19.2 Å². The Labute approximate surface area is 193 Å². The van der Waals surface area contributed by atoms with Crippen LogP contribution in [0.15, 0.2) is 41.5 Å². The topological polar surface area (TPSA) is 73.7 Å². The monoisotopic (exact) mass is 475 g/mol. The third-order valence-electron chi connectivity index (χ3n) is 5.87. The average Bonchev–Trinajstić information content (AvgIpc) is 2.81. The molecule has 4 rings (SSSR count). The molecule has 0 saturated carbocycles. The molecule has 3 heterocycles. The number of nitrogens with zero attached hydrogens (tertiary/aromatic N) is 3. The zero-order valence-electron chi connectivity index (χ0n) is 18.8. The third-order valence-corrected chi connectivity index (χ3v) is 5.87. The van der Waals surface area contributed by atoms with Crippen LogP contribution in [0.4, 0.5) is 18.9 Å². The maximum atomic E-state index is 13.5. The maximum Gasteiger partial charge on any atom is 0.416 e. The molecule has 0 amide bonds. The van der Waals surface area contributed by atoms with Crippen LogP contribution in [0.5, 0.6) is 0 Å². The zero-order valence-corrected chi connectivity index (χ0v) is 18.8. The molecule has 180 valence electrons. The number of ether oxygens (including phenoxy) is 2. The molecule has 7 nitrogen and oxygen atoms in total. The molecule has 34 heavy (non-hydrogen) atoms. The van der Waals surface area contributed by atoms with Crippen LogP contribution in [-0.4, -0.2) is 48.4 Å². The van der Waals surface area contributed by atoms with E-state index in [0.717, 1.165) is 11.8 Å². The fraction of sp³-hybridized carbons (Fsp3) is 0.375. The highest BCUT2D eigenvalue weighted by Crippen LogP contribution is 2.33. The first kappa shape index (κ1) is 23.7. The Morgan fingerprint density at radius 3 is 2.65 bits per heavy atom. The molecule has 0 unspecified atom stereocenters. The first-order chi connectivity index (χ1) is 16.2. The molecule has 0 N–H and O–H groups in total. The number of benzene rings is 1. The van der Waals surface area contributed by atoms with Gasteiger partial charge in [0.1, 0.15) is 11.1 Å². The van der Waals surface area contributed by atoms with Crippen molar-refractivity contribution >= 4 is 22.7 Å². The SMILES string of the molecule is CCOC(=O)c1cn(Cc2cccc(C(F)(F)F)c2C)c2cc(N3CCOCC3)cnc2c1=O. The number of hydrogen-bond acceptors (Lipinski definition) is 6. The number of carbonyl (C=O) groups excluding carboxylic acids is 1. The summed E-state index contributed by atoms with van der Waals surface area (Å²) in [5.74, 6) is -0.803. The van der Waals surface area contributed by atoms with Crippen molar-refractivity contribution in [3.8, 4) is 0 Å². The van der Waals surface area contributed by atoms with Crippen LogP contribution in [0.3, 0.4) is 0 Å². The quantitative estimate of drug-likeness (QED) is 0.523. The van der Waals surface area contributed by atoms with E-state index < -0.39 is 23.1 Å². The summed E-state index contributed by atoms with van der Waals surface area (Å²) in [7, 11) is 0. The second kappa shape index (κ2) is 9.46. The number of aromatic nitrogens is 2. The number of hydrogen-bond donors (Lipinski definition) is 0. The number of alkyl halides is 3. The van der Waals surface area contributed by atoms with E-state index in [0.29, 0.717) is 37.4 Å². The van der Waals surface area contributed by atoms with Crippen LogP contribution < -0.4 is 10.3 Å². The van der Waals surface area contributed by atoms with Gasteiger partial charge in [-0.1, -0.05) is 12.1 Å². The molecule has 0 atom stereocenters. The molecule has 1 saturated heterocycles. The summed E-state index contributed by atoms with van der Waals surface area (Å²) in [6, 6.07) is 5.74. The van der Waals surface area contributed by atoms with Crippen LogP contribution >= 0.6 is 0 Å². The van der Waals surface area contributed by atoms with Gasteiger partial charge in [0.2, 0.25) is 5.43 Å². The van der Waals surface area contributed by atoms with E-state index in [1.54, 1.807) is 29.8 Å². The summed E-state index contributed by atoms with van der Waals surface area (Å²) in [4.78, 5) is 31.9. The standard InChI is InChI=1S/C24H24F3N3O4/c1-3-34-23(32)18-14-30(13-16-5-4-6-19(15(16)2)24(25,26)27)20-11-17(12-28-21(20)22(18)31)29-7-9-33-10-8-29/h4-6,11-12,14H,3,7-10,13H2,1-2H3. The van der Waals surface area contributed by atoms with Crippen molar-refractivity contribution in [1.82, 2.24) is 9.55 Å². The van der Waals surface area contributed by atoms with E-state index in [2.05, 4.69) is 9.88 Å². The highest BCUT2D eigenvalue weighted by atomic mass is 19.4. The van der Waals surface area contributed by atoms with Gasteiger partial charge in [0.25, 0.3) is 0 Å². The molecule has 2 aromatic heterocycles. The van der Waals surface area contributed by atoms with Gasteiger partial charge in [-0.25, -0.2) is 9.78 Å². The molecule has 10 heteroatoms. The van der Waals surface area contributed by atoms with Gasteiger partial charge in [0.05, 0.1) is 42.8 Å². The highest BCUT2D eigenvalue weighted by molar-refractivity contribution is 5.93. The maximum absolute atomic E-state index is 13.5. The third kappa shape index (κ3) is 4.63. The van der Waals surface area contributed by atoms with Crippen LogP contribution in [0.1, 0.15) is 34.0 Å². The second-order valence-electron chi connectivity index (χ2n) is 7.97. The summed E-state index contributed by atoms with van der Waals surface area (Å²) in [5.41, 5.74) is 0.181. The Morgan fingerprint density at radius 2 is 1.97 bits per heavy atom. The van der Waals surface area contributed by atoms with Gasteiger partial charge in [-0.3, -0.25) is 4.79 Å². The van der Waals surface area contributed by atoms with Gasteiger partial charge in [0, 0.05) is 25.8 Å². The lowest BCUT2D eigenvalue weighted by atomic mass is 10.0. The molecule has 0 aliphatic carbocycles. The summed E-state index contributed by atoms with van der Waals surface area (Å²) < 4.78 is 52.3. The number of esters is 1. The van der Waals surface area contributed by atoms with Crippen LogP contribution in [-0.2, 0) is 22.2 Å². The molecule has 0 spiro atoms. The van der Waals surface area contributed by atoms with Crippen molar-refractivity contribution in [1.29, 1.82) is 0 Å². The van der Waals surface area contributed by atoms with Gasteiger partial charge >= 0.3 is 12.1 Å². The summed E-state index contributed by atoms with van der Waals surface area (Å²) in [5, 5.41) is 0. The molecule has 3 aromatic rings. The molecular formula is C24H24F3N3O4. The number of anilines is 1. The van der Waals surface area contributed by atoms with Gasteiger partial charge < -0.3 is 18.9 Å². The first-order valence-corrected chi connectivity index (χ1v) is 10.9. The lowest BCUT2D eigenvalue weighted by Crippen LogP contribution is -2.36. The van der Waals surface area contributed by atoms with E-state index in [-0.39, 0.29) is 29.8 Å². The Bertz CT molecular complexity index is 1280. The zero-order chi connectivity index (χ0) is 24.5. The van der Waals surface area contributed by atoms with Crippen molar-refractivity contribution in [3.05, 3.63) is 69.1 Å². The summed E-state index contributed by atoms with van der Waals surface area (Å²) in [6.45, 7) is 5.50. The fourth-order valence-corrected chi connectivity index (χ4v) is 4.07. The van der Waals surface area contributed by atoms with Gasteiger partial charge in [-0.2, -0.15) is 13.2 Å². The van der Waals surface area contributed by atoms with Crippen molar-refractivity contribution in [3.63, 3.8) is 0 Å². The number of morpholine rings is 1. The lowest BCUT2D eigenvalue weighted by Gasteiger charge is -2.29. The largest absolute Gasteiger partial charge is 0.462 e. The summed E-state index contributed by atoms with van der Waals surface area (Å²) in [6.07, 6.45) is -1.59. The average molecular weight is 475 g/mol. The van der Waals surface area contributed by atoms with Crippen molar-refractivity contribution in [2.24, 2.45) is 0 Å². The normalized spacial score (nSPS) is 14.4. The van der Waals surface area contributed by atoms with Gasteiger partial charge in [0.15, 0.2) is 0 Å². The molecule has 1 aliphatic heterocycles. The Balaban J connectivity index is 1.88. The Kier molecular flexibility index (Phi) is 6.60. The van der Waals surface area contributed by atoms with Gasteiger partial charge in [-0.05, 0) is 37.1 Å². The molecule has 1 fully saturated rings. The van der Waals surface area contributed by atoms with Crippen molar-refractivity contribution in [2.45, 2.75) is 26.6 Å². The van der Waals surface area contributed by atoms with E-state index >= 15 is 0 Å². The predicted molar refractivity (Wildman–Crippen MR) is 120 cm³/mol. The smallest absolute Gasteiger partial charge is 0.416 e. The second-order valence-corrected chi connectivity index (χ2v) is 7.97. The molecule has 1 aliphatic rings. The minimum atomic E-state index is -4.49. The highest BCUT2D eigenvalue weighted by Gasteiger charge is 2.33. The Morgan fingerprint density at radius 1 is 1.24 bits per heavy atom. The summed E-state index contributed by atoms with van der Waals surface area (Å²) >= 11 is 0. The lowest BCUT2D eigenvalue weighted by molar-refractivity contribution is -0.138. The van der Waals surface area contributed by atoms with E-state index in [1.807, 2.05) is 0 Å². The fourth-order valence-electron chi connectivity index (χ4n) is 4.07. The number of fused-ring (bicyclic) bond motifs is 1. The molecule has 0 radical (unpaired) electrons. The van der Waals surface area contributed by atoms with Crippen molar-refractivity contribution < 1.29 is 27.4 Å². The molecular weight excluding hydrogens is 451 g/mol. The van der Waals surface area contributed by atoms with Crippen LogP contribution in [0.2, 0.25) is 0 Å². The van der Waals surface area contributed by atoms with E-state index in [9.17, 15) is 22.8 Å². The molecule has 0 bridgehead atoms. The van der Waals surface area contributed by atoms with E-state index in [4.69, 9.17) is 9.47 Å².